The Balaban J connectivity index is 2.16. The number of carbonyl (C=O) groups is 1. The van der Waals surface area contributed by atoms with Crippen molar-refractivity contribution in [2.75, 3.05) is 17.1 Å². The van der Waals surface area contributed by atoms with Gasteiger partial charge in [0.05, 0.1) is 29.6 Å². The second kappa shape index (κ2) is 7.97. The van der Waals surface area contributed by atoms with Crippen LogP contribution >= 0.6 is 0 Å². The van der Waals surface area contributed by atoms with Crippen LogP contribution in [0.25, 0.3) is 0 Å². The number of nitriles is 1. The Hall–Kier alpha value is -2.92. The number of sulfonamides is 1. The largest absolute Gasteiger partial charge is 0.348 e. The fraction of sp³-hybridized carbons (Fsp3) is 0.222. The van der Waals surface area contributed by atoms with Crippen LogP contribution < -0.4 is 9.62 Å². The van der Waals surface area contributed by atoms with E-state index in [0.29, 0.717) is 5.56 Å². The average Bonchev–Trinajstić information content (AvgIpc) is 2.59. The van der Waals surface area contributed by atoms with Crippen molar-refractivity contribution in [3.8, 4) is 6.07 Å². The third-order valence-electron chi connectivity index (χ3n) is 3.70. The molecule has 0 aliphatic carbocycles. The van der Waals surface area contributed by atoms with Crippen molar-refractivity contribution in [2.45, 2.75) is 13.0 Å². The van der Waals surface area contributed by atoms with Crippen molar-refractivity contribution in [2.24, 2.45) is 0 Å². The number of rotatable bonds is 6. The summed E-state index contributed by atoms with van der Waals surface area (Å²) in [5.41, 5.74) is 1.21. The zero-order chi connectivity index (χ0) is 19.3. The van der Waals surface area contributed by atoms with Gasteiger partial charge in [-0.3, -0.25) is 9.10 Å². The number of nitrogens with zero attached hydrogens (tertiary/aromatic N) is 2. The molecule has 1 unspecified atom stereocenters. The summed E-state index contributed by atoms with van der Waals surface area (Å²) in [5.74, 6) is -0.900. The number of nitrogens with one attached hydrogen (secondary N) is 1. The molecule has 0 heterocycles. The maximum atomic E-state index is 13.0. The van der Waals surface area contributed by atoms with Crippen molar-refractivity contribution in [3.63, 3.8) is 0 Å². The maximum Gasteiger partial charge on any atom is 0.241 e. The molecule has 2 rings (SSSR count). The molecule has 0 aliphatic heterocycles. The Morgan fingerprint density at radius 2 is 1.92 bits per heavy atom. The summed E-state index contributed by atoms with van der Waals surface area (Å²) >= 11 is 0. The summed E-state index contributed by atoms with van der Waals surface area (Å²) < 4.78 is 38.1. The topological polar surface area (TPSA) is 90.3 Å². The standard InChI is InChI=1S/C18H18FN3O3S/c1-13(15-6-8-16(19)9-7-15)21-18(23)12-22(26(2,24)25)17-5-3-4-14(10-17)11-20/h3-10,13H,12H2,1-2H3,(H,21,23). The highest BCUT2D eigenvalue weighted by Crippen LogP contribution is 2.19. The number of hydrogen-bond acceptors (Lipinski definition) is 4. The van der Waals surface area contributed by atoms with Gasteiger partial charge < -0.3 is 5.32 Å². The molecular formula is C18H18FN3O3S. The minimum atomic E-state index is -3.73. The molecule has 1 amide bonds. The monoisotopic (exact) mass is 375 g/mol. The van der Waals surface area contributed by atoms with Crippen LogP contribution in [-0.4, -0.2) is 27.1 Å². The lowest BCUT2D eigenvalue weighted by Crippen LogP contribution is -2.41. The van der Waals surface area contributed by atoms with Crippen LogP contribution in [0.15, 0.2) is 48.5 Å². The SMILES string of the molecule is CC(NC(=O)CN(c1cccc(C#N)c1)S(C)(=O)=O)c1ccc(F)cc1. The van der Waals surface area contributed by atoms with Gasteiger partial charge in [0, 0.05) is 0 Å². The molecule has 0 fully saturated rings. The van der Waals surface area contributed by atoms with E-state index in [1.807, 2.05) is 6.07 Å². The number of halogens is 1. The van der Waals surface area contributed by atoms with Gasteiger partial charge in [0.1, 0.15) is 12.4 Å². The highest BCUT2D eigenvalue weighted by molar-refractivity contribution is 7.92. The lowest BCUT2D eigenvalue weighted by atomic mass is 10.1. The Morgan fingerprint density at radius 1 is 1.27 bits per heavy atom. The van der Waals surface area contributed by atoms with E-state index >= 15 is 0 Å². The molecule has 2 aromatic rings. The van der Waals surface area contributed by atoms with Crippen LogP contribution in [0.1, 0.15) is 24.1 Å². The van der Waals surface area contributed by atoms with E-state index in [1.54, 1.807) is 31.2 Å². The van der Waals surface area contributed by atoms with Crippen molar-refractivity contribution in [1.82, 2.24) is 5.32 Å². The van der Waals surface area contributed by atoms with E-state index < -0.39 is 28.5 Å². The van der Waals surface area contributed by atoms with Gasteiger partial charge in [0.25, 0.3) is 0 Å². The summed E-state index contributed by atoms with van der Waals surface area (Å²) in [5, 5.41) is 11.7. The summed E-state index contributed by atoms with van der Waals surface area (Å²) in [7, 11) is -3.73. The molecule has 0 aromatic heterocycles. The Kier molecular flexibility index (Phi) is 5.95. The first kappa shape index (κ1) is 19.4. The second-order valence-corrected chi connectivity index (χ2v) is 7.68. The molecular weight excluding hydrogens is 357 g/mol. The first-order chi connectivity index (χ1) is 12.2. The third-order valence-corrected chi connectivity index (χ3v) is 4.84. The van der Waals surface area contributed by atoms with E-state index in [9.17, 15) is 17.6 Å². The summed E-state index contributed by atoms with van der Waals surface area (Å²) in [4.78, 5) is 12.3. The zero-order valence-corrected chi connectivity index (χ0v) is 15.1. The highest BCUT2D eigenvalue weighted by atomic mass is 32.2. The Labute approximate surface area is 151 Å². The van der Waals surface area contributed by atoms with E-state index in [2.05, 4.69) is 5.32 Å². The Bertz CT molecular complexity index is 937. The maximum absolute atomic E-state index is 13.0. The molecule has 6 nitrogen and oxygen atoms in total. The summed E-state index contributed by atoms with van der Waals surface area (Å²) in [6.45, 7) is 1.28. The Morgan fingerprint density at radius 3 is 2.50 bits per heavy atom. The normalized spacial score (nSPS) is 12.1. The molecule has 0 saturated carbocycles. The lowest BCUT2D eigenvalue weighted by Gasteiger charge is -2.23. The average molecular weight is 375 g/mol. The molecule has 0 saturated heterocycles. The molecule has 0 spiro atoms. The van der Waals surface area contributed by atoms with E-state index in [0.717, 1.165) is 10.6 Å². The molecule has 1 atom stereocenters. The fourth-order valence-corrected chi connectivity index (χ4v) is 3.23. The fourth-order valence-electron chi connectivity index (χ4n) is 2.38. The third kappa shape index (κ3) is 5.04. The van der Waals surface area contributed by atoms with Gasteiger partial charge in [0.2, 0.25) is 15.9 Å². The van der Waals surface area contributed by atoms with Crippen LogP contribution in [0.2, 0.25) is 0 Å². The van der Waals surface area contributed by atoms with E-state index in [1.165, 1.54) is 24.3 Å². The number of benzene rings is 2. The lowest BCUT2D eigenvalue weighted by molar-refractivity contribution is -0.120. The van der Waals surface area contributed by atoms with Crippen molar-refractivity contribution < 1.29 is 17.6 Å². The molecule has 0 aliphatic rings. The van der Waals surface area contributed by atoms with Crippen molar-refractivity contribution in [3.05, 3.63) is 65.5 Å². The van der Waals surface area contributed by atoms with E-state index in [4.69, 9.17) is 5.26 Å². The quantitative estimate of drug-likeness (QED) is 0.839. The smallest absolute Gasteiger partial charge is 0.241 e. The molecule has 1 N–H and O–H groups in total. The molecule has 0 bridgehead atoms. The van der Waals surface area contributed by atoms with Crippen molar-refractivity contribution in [1.29, 1.82) is 5.26 Å². The minimum absolute atomic E-state index is 0.233. The zero-order valence-electron chi connectivity index (χ0n) is 14.3. The van der Waals surface area contributed by atoms with Crippen molar-refractivity contribution >= 4 is 21.6 Å². The van der Waals surface area contributed by atoms with Crippen LogP contribution in [0.4, 0.5) is 10.1 Å². The van der Waals surface area contributed by atoms with Crippen LogP contribution in [0.3, 0.4) is 0 Å². The number of carbonyl (C=O) groups excluding carboxylic acids is 1. The van der Waals surface area contributed by atoms with E-state index in [-0.39, 0.29) is 17.1 Å². The van der Waals surface area contributed by atoms with Crippen LogP contribution in [0, 0.1) is 17.1 Å². The summed E-state index contributed by atoms with van der Waals surface area (Å²) in [6.07, 6.45) is 0.989. The molecule has 8 heteroatoms. The van der Waals surface area contributed by atoms with Gasteiger partial charge in [-0.1, -0.05) is 18.2 Å². The van der Waals surface area contributed by atoms with Gasteiger partial charge in [-0.05, 0) is 42.8 Å². The number of anilines is 1. The predicted molar refractivity (Wildman–Crippen MR) is 96.3 cm³/mol. The number of amides is 1. The van der Waals surface area contributed by atoms with Gasteiger partial charge >= 0.3 is 0 Å². The first-order valence-electron chi connectivity index (χ1n) is 7.73. The van der Waals surface area contributed by atoms with Gasteiger partial charge in [0.15, 0.2) is 0 Å². The van der Waals surface area contributed by atoms with Gasteiger partial charge in [-0.25, -0.2) is 12.8 Å². The minimum Gasteiger partial charge on any atom is -0.348 e. The van der Waals surface area contributed by atoms with Gasteiger partial charge in [-0.15, -0.1) is 0 Å². The molecule has 26 heavy (non-hydrogen) atoms. The summed E-state index contributed by atoms with van der Waals surface area (Å²) in [6, 6.07) is 13.2. The van der Waals surface area contributed by atoms with Gasteiger partial charge in [-0.2, -0.15) is 5.26 Å². The molecule has 136 valence electrons. The highest BCUT2D eigenvalue weighted by Gasteiger charge is 2.22. The first-order valence-corrected chi connectivity index (χ1v) is 9.58. The van der Waals surface area contributed by atoms with Crippen LogP contribution in [-0.2, 0) is 14.8 Å². The van der Waals surface area contributed by atoms with Crippen LogP contribution in [0.5, 0.6) is 0 Å². The second-order valence-electron chi connectivity index (χ2n) is 5.77. The number of hydrogen-bond donors (Lipinski definition) is 1. The predicted octanol–water partition coefficient (Wildman–Crippen LogP) is 2.34. The molecule has 2 aromatic carbocycles. The molecule has 0 radical (unpaired) electrons.